The largest absolute Gasteiger partial charge is 0.494 e. The summed E-state index contributed by atoms with van der Waals surface area (Å²) in [6.45, 7) is 8.54. The Bertz CT molecular complexity index is 891. The monoisotopic (exact) mass is 418 g/mol. The number of ether oxygens (including phenoxy) is 1. The van der Waals surface area contributed by atoms with Crippen molar-refractivity contribution in [3.63, 3.8) is 0 Å². The van der Waals surface area contributed by atoms with Gasteiger partial charge in [-0.15, -0.1) is 0 Å². The maximum Gasteiger partial charge on any atom is 0.240 e. The Morgan fingerprint density at radius 2 is 1.55 bits per heavy atom. The zero-order valence-corrected chi connectivity index (χ0v) is 18.3. The number of carbonyl (C=O) groups is 1. The molecule has 1 amide bonds. The van der Waals surface area contributed by atoms with Gasteiger partial charge in [-0.1, -0.05) is 38.1 Å². The van der Waals surface area contributed by atoms with Crippen LogP contribution in [0.2, 0.25) is 0 Å². The number of hydrogen-bond donors (Lipinski definition) is 2. The minimum Gasteiger partial charge on any atom is -0.494 e. The van der Waals surface area contributed by atoms with Crippen molar-refractivity contribution in [3.05, 3.63) is 59.7 Å². The van der Waals surface area contributed by atoms with Gasteiger partial charge in [0.15, 0.2) is 0 Å². The highest BCUT2D eigenvalue weighted by Crippen LogP contribution is 2.18. The van der Waals surface area contributed by atoms with Gasteiger partial charge in [-0.25, -0.2) is 13.1 Å². The van der Waals surface area contributed by atoms with E-state index in [-0.39, 0.29) is 29.8 Å². The summed E-state index contributed by atoms with van der Waals surface area (Å²) in [6.07, 6.45) is 0.0602. The fraction of sp³-hybridized carbons (Fsp3) is 0.409. The summed E-state index contributed by atoms with van der Waals surface area (Å²) in [5.74, 6) is 0.899. The summed E-state index contributed by atoms with van der Waals surface area (Å²) in [6, 6.07) is 14.1. The predicted molar refractivity (Wildman–Crippen MR) is 115 cm³/mol. The molecule has 7 heteroatoms. The molecule has 2 aromatic carbocycles. The fourth-order valence-electron chi connectivity index (χ4n) is 2.83. The smallest absolute Gasteiger partial charge is 0.240 e. The van der Waals surface area contributed by atoms with Gasteiger partial charge in [0.05, 0.1) is 17.5 Å². The predicted octanol–water partition coefficient (Wildman–Crippen LogP) is 3.75. The summed E-state index contributed by atoms with van der Waals surface area (Å²) in [7, 11) is -3.63. The number of hydrogen-bond acceptors (Lipinski definition) is 4. The van der Waals surface area contributed by atoms with Crippen LogP contribution in [-0.4, -0.2) is 27.5 Å². The lowest BCUT2D eigenvalue weighted by Crippen LogP contribution is -2.32. The van der Waals surface area contributed by atoms with E-state index in [1.165, 1.54) is 0 Å². The van der Waals surface area contributed by atoms with Crippen LogP contribution in [0.1, 0.15) is 57.2 Å². The first-order valence-electron chi connectivity index (χ1n) is 9.84. The van der Waals surface area contributed by atoms with E-state index in [1.54, 1.807) is 12.1 Å². The van der Waals surface area contributed by atoms with Gasteiger partial charge in [-0.05, 0) is 55.2 Å². The highest BCUT2D eigenvalue weighted by molar-refractivity contribution is 7.89. The van der Waals surface area contributed by atoms with Crippen molar-refractivity contribution in [2.75, 3.05) is 13.2 Å². The minimum absolute atomic E-state index is 0.0378. The Hall–Kier alpha value is -2.38. The van der Waals surface area contributed by atoms with Crippen molar-refractivity contribution in [2.24, 2.45) is 0 Å². The highest BCUT2D eigenvalue weighted by Gasteiger charge is 2.15. The second-order valence-electron chi connectivity index (χ2n) is 7.16. The Balaban J connectivity index is 1.83. The third-order valence-electron chi connectivity index (χ3n) is 4.57. The normalized spacial score (nSPS) is 12.6. The van der Waals surface area contributed by atoms with Crippen molar-refractivity contribution < 1.29 is 17.9 Å². The van der Waals surface area contributed by atoms with Crippen LogP contribution in [0.4, 0.5) is 0 Å². The molecule has 0 aliphatic rings. The van der Waals surface area contributed by atoms with Gasteiger partial charge in [-0.2, -0.15) is 0 Å². The van der Waals surface area contributed by atoms with Gasteiger partial charge in [0.25, 0.3) is 0 Å². The first kappa shape index (κ1) is 22.9. The average molecular weight is 419 g/mol. The molecule has 2 N–H and O–H groups in total. The lowest BCUT2D eigenvalue weighted by Gasteiger charge is -2.15. The van der Waals surface area contributed by atoms with Gasteiger partial charge >= 0.3 is 0 Å². The van der Waals surface area contributed by atoms with E-state index < -0.39 is 10.0 Å². The molecule has 2 aromatic rings. The van der Waals surface area contributed by atoms with Crippen LogP contribution in [0.5, 0.6) is 5.75 Å². The molecule has 0 aliphatic carbocycles. The summed E-state index contributed by atoms with van der Waals surface area (Å²) in [4.78, 5) is 12.4. The zero-order valence-electron chi connectivity index (χ0n) is 17.4. The first-order valence-corrected chi connectivity index (χ1v) is 11.3. The van der Waals surface area contributed by atoms with E-state index in [9.17, 15) is 13.2 Å². The average Bonchev–Trinajstić information content (AvgIpc) is 2.68. The number of rotatable bonds is 10. The molecule has 29 heavy (non-hydrogen) atoms. The Morgan fingerprint density at radius 3 is 2.10 bits per heavy atom. The number of carbonyl (C=O) groups excluding carboxylic acids is 1. The van der Waals surface area contributed by atoms with E-state index in [0.717, 1.165) is 16.9 Å². The zero-order chi connectivity index (χ0) is 21.4. The lowest BCUT2D eigenvalue weighted by atomic mass is 10.0. The number of benzene rings is 2. The lowest BCUT2D eigenvalue weighted by molar-refractivity contribution is -0.121. The number of amides is 1. The van der Waals surface area contributed by atoms with Gasteiger partial charge in [0.2, 0.25) is 15.9 Å². The van der Waals surface area contributed by atoms with Crippen LogP contribution in [0.15, 0.2) is 53.4 Å². The molecule has 0 heterocycles. The number of sulfonamides is 1. The molecule has 0 bridgehead atoms. The maximum absolute atomic E-state index is 12.4. The Labute approximate surface area is 173 Å². The van der Waals surface area contributed by atoms with Crippen molar-refractivity contribution in [1.82, 2.24) is 10.0 Å². The minimum atomic E-state index is -3.63. The third kappa shape index (κ3) is 6.87. The van der Waals surface area contributed by atoms with Crippen molar-refractivity contribution >= 4 is 15.9 Å². The highest BCUT2D eigenvalue weighted by atomic mass is 32.2. The van der Waals surface area contributed by atoms with Crippen molar-refractivity contribution in [3.8, 4) is 5.75 Å². The van der Waals surface area contributed by atoms with E-state index in [4.69, 9.17) is 4.74 Å². The second-order valence-corrected chi connectivity index (χ2v) is 8.93. The molecule has 0 saturated carbocycles. The Morgan fingerprint density at radius 1 is 0.966 bits per heavy atom. The van der Waals surface area contributed by atoms with Crippen LogP contribution in [0, 0.1) is 0 Å². The Kier molecular flexibility index (Phi) is 8.22. The molecule has 0 fully saturated rings. The van der Waals surface area contributed by atoms with E-state index in [0.29, 0.717) is 12.5 Å². The maximum atomic E-state index is 12.4. The third-order valence-corrected chi connectivity index (χ3v) is 6.05. The topological polar surface area (TPSA) is 84.5 Å². The van der Waals surface area contributed by atoms with Crippen molar-refractivity contribution in [1.29, 1.82) is 0 Å². The van der Waals surface area contributed by atoms with Gasteiger partial charge in [-0.3, -0.25) is 4.79 Å². The summed E-state index contributed by atoms with van der Waals surface area (Å²) in [5.41, 5.74) is 2.03. The molecule has 0 aliphatic heterocycles. The quantitative estimate of drug-likeness (QED) is 0.615. The van der Waals surface area contributed by atoms with Gasteiger partial charge in [0.1, 0.15) is 5.75 Å². The molecule has 0 aromatic heterocycles. The molecule has 1 unspecified atom stereocenters. The first-order chi connectivity index (χ1) is 13.7. The standard InChI is InChI=1S/C22H30N2O4S/c1-5-28-20-10-6-19(7-11-20)17(4)24-22(25)14-15-23-29(26,27)21-12-8-18(9-13-21)16(2)3/h6-13,16-17,23H,5,14-15H2,1-4H3,(H,24,25). The summed E-state index contributed by atoms with van der Waals surface area (Å²) in [5, 5.41) is 2.88. The molecule has 158 valence electrons. The van der Waals surface area contributed by atoms with Gasteiger partial charge < -0.3 is 10.1 Å². The van der Waals surface area contributed by atoms with Crippen LogP contribution in [-0.2, 0) is 14.8 Å². The molecule has 0 radical (unpaired) electrons. The summed E-state index contributed by atoms with van der Waals surface area (Å²) >= 11 is 0. The van der Waals surface area contributed by atoms with Crippen LogP contribution < -0.4 is 14.8 Å². The molecule has 1 atom stereocenters. The van der Waals surface area contributed by atoms with Crippen molar-refractivity contribution in [2.45, 2.75) is 51.0 Å². The molecule has 0 spiro atoms. The molecular formula is C22H30N2O4S. The molecule has 6 nitrogen and oxygen atoms in total. The van der Waals surface area contributed by atoms with E-state index in [2.05, 4.69) is 23.9 Å². The second kappa shape index (κ2) is 10.4. The van der Waals surface area contributed by atoms with Crippen LogP contribution in [0.3, 0.4) is 0 Å². The van der Waals surface area contributed by atoms with E-state index >= 15 is 0 Å². The summed E-state index contributed by atoms with van der Waals surface area (Å²) < 4.78 is 32.6. The SMILES string of the molecule is CCOc1ccc(C(C)NC(=O)CCNS(=O)(=O)c2ccc(C(C)C)cc2)cc1. The molecule has 0 saturated heterocycles. The van der Waals surface area contributed by atoms with Gasteiger partial charge in [0, 0.05) is 13.0 Å². The van der Waals surface area contributed by atoms with Crippen LogP contribution >= 0.6 is 0 Å². The molecule has 2 rings (SSSR count). The van der Waals surface area contributed by atoms with Crippen LogP contribution in [0.25, 0.3) is 0 Å². The number of nitrogens with one attached hydrogen (secondary N) is 2. The fourth-order valence-corrected chi connectivity index (χ4v) is 3.86. The molecular weight excluding hydrogens is 388 g/mol. The van der Waals surface area contributed by atoms with E-state index in [1.807, 2.05) is 50.2 Å².